The Morgan fingerprint density at radius 1 is 1.23 bits per heavy atom. The van der Waals surface area contributed by atoms with E-state index in [1.807, 2.05) is 43.3 Å². The summed E-state index contributed by atoms with van der Waals surface area (Å²) in [6.45, 7) is 5.74. The van der Waals surface area contributed by atoms with E-state index in [0.717, 1.165) is 21.3 Å². The number of hydrogen-bond donors (Lipinski definition) is 3. The third-order valence-corrected chi connectivity index (χ3v) is 3.86. The number of aromatic hydroxyl groups is 1. The summed E-state index contributed by atoms with van der Waals surface area (Å²) in [5.41, 5.74) is 2.95. The van der Waals surface area contributed by atoms with Crippen LogP contribution in [0.4, 0.5) is 0 Å². The molecule has 3 N–H and O–H groups in total. The minimum Gasteiger partial charge on any atom is -0.508 e. The zero-order valence-corrected chi connectivity index (χ0v) is 14.0. The van der Waals surface area contributed by atoms with Gasteiger partial charge in [0.05, 0.1) is 6.04 Å². The quantitative estimate of drug-likeness (QED) is 0.651. The fraction of sp³-hybridized carbons (Fsp3) is 0.167. The maximum absolute atomic E-state index is 10.1. The van der Waals surface area contributed by atoms with E-state index in [9.17, 15) is 5.11 Å². The van der Waals surface area contributed by atoms with E-state index in [0.29, 0.717) is 12.1 Å². The van der Waals surface area contributed by atoms with Gasteiger partial charge in [-0.05, 0) is 30.7 Å². The molecule has 2 aromatic rings. The van der Waals surface area contributed by atoms with Crippen LogP contribution in [0.2, 0.25) is 0 Å². The van der Waals surface area contributed by atoms with E-state index in [4.69, 9.17) is 5.41 Å². The van der Waals surface area contributed by atoms with Gasteiger partial charge in [-0.3, -0.25) is 0 Å². The van der Waals surface area contributed by atoms with Crippen LogP contribution in [0.5, 0.6) is 5.75 Å². The van der Waals surface area contributed by atoms with Crippen LogP contribution in [0, 0.1) is 5.41 Å². The molecule has 0 heterocycles. The summed E-state index contributed by atoms with van der Waals surface area (Å²) in [5, 5.41) is 21.6. The number of halogens is 1. The van der Waals surface area contributed by atoms with Gasteiger partial charge in [0.25, 0.3) is 0 Å². The number of hydrogen-bond acceptors (Lipinski definition) is 3. The molecule has 0 saturated carbocycles. The fourth-order valence-corrected chi connectivity index (χ4v) is 2.56. The third-order valence-electron chi connectivity index (χ3n) is 3.33. The second kappa shape index (κ2) is 7.27. The molecule has 22 heavy (non-hydrogen) atoms. The van der Waals surface area contributed by atoms with Gasteiger partial charge < -0.3 is 15.8 Å². The van der Waals surface area contributed by atoms with E-state index < -0.39 is 0 Å². The average Bonchev–Trinajstić information content (AvgIpc) is 2.47. The number of benzene rings is 2. The van der Waals surface area contributed by atoms with Crippen LogP contribution in [0.25, 0.3) is 0 Å². The number of phenols is 1. The van der Waals surface area contributed by atoms with Gasteiger partial charge in [0.15, 0.2) is 0 Å². The first kappa shape index (κ1) is 16.3. The van der Waals surface area contributed by atoms with Crippen molar-refractivity contribution in [3.05, 3.63) is 76.4 Å². The molecular formula is C18H19BrN2O. The minimum absolute atomic E-state index is 0.185. The maximum atomic E-state index is 10.1. The molecule has 114 valence electrons. The van der Waals surface area contributed by atoms with E-state index in [-0.39, 0.29) is 11.8 Å². The summed E-state index contributed by atoms with van der Waals surface area (Å²) in [6.07, 6.45) is 0.464. The Kier molecular flexibility index (Phi) is 5.39. The highest BCUT2D eigenvalue weighted by molar-refractivity contribution is 9.10. The summed E-state index contributed by atoms with van der Waals surface area (Å²) >= 11 is 3.40. The topological polar surface area (TPSA) is 56.1 Å². The standard InChI is InChI=1S/C18H19BrN2O/c1-12(2)21-17(15-5-3-4-6-18(15)22)11-16(20)13-7-9-14(19)10-8-13/h3-10,17,20-22H,1,11H2,2H3. The maximum Gasteiger partial charge on any atom is 0.120 e. The van der Waals surface area contributed by atoms with Gasteiger partial charge in [-0.2, -0.15) is 0 Å². The zero-order valence-electron chi connectivity index (χ0n) is 12.4. The van der Waals surface area contributed by atoms with Crippen molar-refractivity contribution in [1.82, 2.24) is 5.32 Å². The van der Waals surface area contributed by atoms with Crippen molar-refractivity contribution >= 4 is 21.6 Å². The molecule has 0 spiro atoms. The fourth-order valence-electron chi connectivity index (χ4n) is 2.29. The Hall–Kier alpha value is -2.07. The molecule has 0 saturated heterocycles. The number of allylic oxidation sites excluding steroid dienone is 1. The molecule has 0 aliphatic rings. The Bertz CT molecular complexity index is 680. The van der Waals surface area contributed by atoms with Gasteiger partial charge in [0.2, 0.25) is 0 Å². The van der Waals surface area contributed by atoms with Crippen LogP contribution in [0.15, 0.2) is 65.3 Å². The molecule has 0 aliphatic carbocycles. The van der Waals surface area contributed by atoms with E-state index >= 15 is 0 Å². The Balaban J connectivity index is 2.23. The second-order valence-electron chi connectivity index (χ2n) is 5.23. The zero-order chi connectivity index (χ0) is 16.1. The Morgan fingerprint density at radius 2 is 1.86 bits per heavy atom. The largest absolute Gasteiger partial charge is 0.508 e. The monoisotopic (exact) mass is 358 g/mol. The molecule has 0 radical (unpaired) electrons. The number of phenolic OH excluding ortho intramolecular Hbond substituents is 1. The average molecular weight is 359 g/mol. The van der Waals surface area contributed by atoms with Crippen molar-refractivity contribution in [2.45, 2.75) is 19.4 Å². The van der Waals surface area contributed by atoms with Crippen molar-refractivity contribution in [3.63, 3.8) is 0 Å². The highest BCUT2D eigenvalue weighted by Gasteiger charge is 2.17. The highest BCUT2D eigenvalue weighted by Crippen LogP contribution is 2.28. The molecule has 0 fully saturated rings. The first-order valence-corrected chi connectivity index (χ1v) is 7.80. The Morgan fingerprint density at radius 3 is 2.45 bits per heavy atom. The predicted octanol–water partition coefficient (Wildman–Crippen LogP) is 4.78. The molecule has 0 aliphatic heterocycles. The van der Waals surface area contributed by atoms with Crippen molar-refractivity contribution < 1.29 is 5.11 Å². The summed E-state index contributed by atoms with van der Waals surface area (Å²) in [7, 11) is 0. The number of para-hydroxylation sites is 1. The van der Waals surface area contributed by atoms with Crippen LogP contribution in [0.1, 0.15) is 30.5 Å². The normalized spacial score (nSPS) is 11.7. The SMILES string of the molecule is C=C(C)NC(CC(=N)c1ccc(Br)cc1)c1ccccc1O. The van der Waals surface area contributed by atoms with Gasteiger partial charge in [-0.15, -0.1) is 0 Å². The summed E-state index contributed by atoms with van der Waals surface area (Å²) in [4.78, 5) is 0. The molecule has 2 aromatic carbocycles. The number of nitrogens with one attached hydrogen (secondary N) is 2. The van der Waals surface area contributed by atoms with Crippen LogP contribution >= 0.6 is 15.9 Å². The molecule has 1 unspecified atom stereocenters. The van der Waals surface area contributed by atoms with Crippen molar-refractivity contribution in [1.29, 1.82) is 5.41 Å². The van der Waals surface area contributed by atoms with Gasteiger partial charge in [0.1, 0.15) is 5.75 Å². The van der Waals surface area contributed by atoms with Crippen LogP contribution in [-0.2, 0) is 0 Å². The lowest BCUT2D eigenvalue weighted by molar-refractivity contribution is 0.455. The van der Waals surface area contributed by atoms with Crippen LogP contribution in [-0.4, -0.2) is 10.8 Å². The lowest BCUT2D eigenvalue weighted by Gasteiger charge is -2.21. The van der Waals surface area contributed by atoms with Crippen LogP contribution < -0.4 is 5.32 Å². The lowest BCUT2D eigenvalue weighted by atomic mass is 9.96. The molecule has 4 heteroatoms. The summed E-state index contributed by atoms with van der Waals surface area (Å²) in [5.74, 6) is 0.227. The van der Waals surface area contributed by atoms with E-state index in [1.54, 1.807) is 12.1 Å². The number of rotatable bonds is 6. The molecule has 0 amide bonds. The minimum atomic E-state index is -0.185. The van der Waals surface area contributed by atoms with Gasteiger partial charge in [0, 0.05) is 27.9 Å². The lowest BCUT2D eigenvalue weighted by Crippen LogP contribution is -2.22. The second-order valence-corrected chi connectivity index (χ2v) is 6.14. The van der Waals surface area contributed by atoms with Crippen LogP contribution in [0.3, 0.4) is 0 Å². The van der Waals surface area contributed by atoms with Crippen molar-refractivity contribution in [2.24, 2.45) is 0 Å². The van der Waals surface area contributed by atoms with Gasteiger partial charge >= 0.3 is 0 Å². The predicted molar refractivity (Wildman–Crippen MR) is 94.4 cm³/mol. The smallest absolute Gasteiger partial charge is 0.120 e. The Labute approximate surface area is 139 Å². The first-order valence-electron chi connectivity index (χ1n) is 7.00. The summed E-state index contributed by atoms with van der Waals surface area (Å²) < 4.78 is 0.987. The van der Waals surface area contributed by atoms with Gasteiger partial charge in [-0.25, -0.2) is 0 Å². The summed E-state index contributed by atoms with van der Waals surface area (Å²) in [6, 6.07) is 14.7. The molecule has 0 aromatic heterocycles. The molecular weight excluding hydrogens is 340 g/mol. The molecule has 0 bridgehead atoms. The first-order chi connectivity index (χ1) is 10.5. The van der Waals surface area contributed by atoms with Gasteiger partial charge in [-0.1, -0.05) is 52.8 Å². The van der Waals surface area contributed by atoms with Crippen molar-refractivity contribution in [3.8, 4) is 5.75 Å². The third kappa shape index (κ3) is 4.21. The van der Waals surface area contributed by atoms with Crippen molar-refractivity contribution in [2.75, 3.05) is 0 Å². The molecule has 3 nitrogen and oxygen atoms in total. The van der Waals surface area contributed by atoms with E-state index in [1.165, 1.54) is 0 Å². The molecule has 1 atom stereocenters. The molecule has 2 rings (SSSR count). The highest BCUT2D eigenvalue weighted by atomic mass is 79.9. The van der Waals surface area contributed by atoms with E-state index in [2.05, 4.69) is 27.8 Å².